The van der Waals surface area contributed by atoms with Crippen LogP contribution in [0.3, 0.4) is 0 Å². The Balaban J connectivity index is 0.000000612. The molecule has 1 saturated carbocycles. The Morgan fingerprint density at radius 3 is 2.00 bits per heavy atom. The third kappa shape index (κ3) is 8.57. The molecule has 0 spiro atoms. The lowest BCUT2D eigenvalue weighted by atomic mass is 10.0. The topological polar surface area (TPSA) is 117 Å². The summed E-state index contributed by atoms with van der Waals surface area (Å²) in [5, 5.41) is 14.8. The van der Waals surface area contributed by atoms with Crippen LogP contribution in [0, 0.1) is 11.8 Å². The molecule has 0 aromatic heterocycles. The van der Waals surface area contributed by atoms with Crippen LogP contribution in [0.4, 0.5) is 5.69 Å². The third-order valence-corrected chi connectivity index (χ3v) is 7.79. The molecule has 2 fully saturated rings. The molecule has 0 bridgehead atoms. The van der Waals surface area contributed by atoms with Crippen LogP contribution in [0.2, 0.25) is 0 Å². The van der Waals surface area contributed by atoms with Gasteiger partial charge in [-0.2, -0.15) is 0 Å². The van der Waals surface area contributed by atoms with Crippen LogP contribution >= 0.6 is 0 Å². The van der Waals surface area contributed by atoms with Crippen LogP contribution in [0.15, 0.2) is 78.9 Å². The van der Waals surface area contributed by atoms with Crippen molar-refractivity contribution in [2.24, 2.45) is 11.8 Å². The first-order valence-electron chi connectivity index (χ1n) is 14.3. The summed E-state index contributed by atoms with van der Waals surface area (Å²) in [6.45, 7) is 4.84. The number of anilines is 1. The Hall–Kier alpha value is -4.37. The van der Waals surface area contributed by atoms with Crippen LogP contribution < -0.4 is 14.4 Å². The van der Waals surface area contributed by atoms with E-state index < -0.39 is 11.9 Å². The summed E-state index contributed by atoms with van der Waals surface area (Å²) in [6, 6.07) is 25.2. The minimum Gasteiger partial charge on any atom is -0.497 e. The molecule has 3 aromatic carbocycles. The average molecular weight is 575 g/mol. The molecule has 2 N–H and O–H groups in total. The normalized spacial score (nSPS) is 17.5. The van der Waals surface area contributed by atoms with Crippen LogP contribution in [-0.4, -0.2) is 66.3 Å². The highest BCUT2D eigenvalue weighted by Gasteiger charge is 2.35. The molecule has 1 aliphatic carbocycles. The van der Waals surface area contributed by atoms with Gasteiger partial charge >= 0.3 is 11.9 Å². The highest BCUT2D eigenvalue weighted by molar-refractivity contribution is 6.27. The standard InChI is InChI=1S/C31H36N2O3.C2H2O4/c1-35-29-17-13-28(14-18-29)33(21-24-7-3-2-4-8-24)31(34)25-11-15-30(16-12-25)36-20-6-19-32-22-26-9-5-10-27(26)23-32;3-1(4)2(5)6/h2-4,7-8,11-18,26-27H,5-6,9-10,19-23H2,1H3;(H,3,4)(H,5,6). The summed E-state index contributed by atoms with van der Waals surface area (Å²) >= 11 is 0. The number of methoxy groups -OCH3 is 1. The molecule has 2 unspecified atom stereocenters. The van der Waals surface area contributed by atoms with E-state index in [1.165, 1.54) is 32.4 Å². The molecule has 1 amide bonds. The van der Waals surface area contributed by atoms with E-state index in [4.69, 9.17) is 29.3 Å². The van der Waals surface area contributed by atoms with Gasteiger partial charge in [-0.3, -0.25) is 4.79 Å². The van der Waals surface area contributed by atoms with Crippen molar-refractivity contribution in [3.8, 4) is 11.5 Å². The largest absolute Gasteiger partial charge is 0.497 e. The fourth-order valence-electron chi connectivity index (χ4n) is 5.65. The Morgan fingerprint density at radius 1 is 0.833 bits per heavy atom. The number of rotatable bonds is 10. The number of hydrogen-bond acceptors (Lipinski definition) is 6. The van der Waals surface area contributed by atoms with Gasteiger partial charge in [-0.15, -0.1) is 0 Å². The lowest BCUT2D eigenvalue weighted by molar-refractivity contribution is -0.159. The van der Waals surface area contributed by atoms with Crippen LogP contribution in [0.1, 0.15) is 41.6 Å². The number of amides is 1. The molecule has 222 valence electrons. The van der Waals surface area contributed by atoms with Gasteiger partial charge < -0.3 is 29.5 Å². The maximum atomic E-state index is 13.6. The minimum absolute atomic E-state index is 0.0462. The average Bonchev–Trinajstić information content (AvgIpc) is 3.61. The molecule has 5 rings (SSSR count). The van der Waals surface area contributed by atoms with Gasteiger partial charge in [-0.25, -0.2) is 9.59 Å². The van der Waals surface area contributed by atoms with Gasteiger partial charge in [-0.05, 0) is 85.2 Å². The fourth-order valence-corrected chi connectivity index (χ4v) is 5.65. The molecule has 1 saturated heterocycles. The van der Waals surface area contributed by atoms with Gasteiger partial charge in [-0.1, -0.05) is 36.8 Å². The predicted molar refractivity (Wildman–Crippen MR) is 159 cm³/mol. The summed E-state index contributed by atoms with van der Waals surface area (Å²) < 4.78 is 11.3. The number of likely N-dealkylation sites (tertiary alicyclic amines) is 1. The molecule has 9 heteroatoms. The third-order valence-electron chi connectivity index (χ3n) is 7.79. The smallest absolute Gasteiger partial charge is 0.414 e. The van der Waals surface area contributed by atoms with Crippen molar-refractivity contribution in [2.75, 3.05) is 38.3 Å². The first-order valence-corrected chi connectivity index (χ1v) is 14.3. The van der Waals surface area contributed by atoms with Crippen molar-refractivity contribution in [1.82, 2.24) is 4.90 Å². The van der Waals surface area contributed by atoms with Gasteiger partial charge in [0.25, 0.3) is 5.91 Å². The van der Waals surface area contributed by atoms with Gasteiger partial charge in [0.2, 0.25) is 0 Å². The summed E-state index contributed by atoms with van der Waals surface area (Å²) in [7, 11) is 1.64. The predicted octanol–water partition coefficient (Wildman–Crippen LogP) is 5.20. The molecular formula is C33H38N2O7. The number of carbonyl (C=O) groups is 3. The summed E-state index contributed by atoms with van der Waals surface area (Å²) in [5.74, 6) is -0.241. The molecule has 1 heterocycles. The Labute approximate surface area is 246 Å². The van der Waals surface area contributed by atoms with E-state index in [-0.39, 0.29) is 5.91 Å². The van der Waals surface area contributed by atoms with Crippen molar-refractivity contribution in [2.45, 2.75) is 32.2 Å². The number of carboxylic acid groups (broad SMARTS) is 2. The zero-order chi connectivity index (χ0) is 29.9. The molecule has 1 aliphatic heterocycles. The monoisotopic (exact) mass is 574 g/mol. The van der Waals surface area contributed by atoms with E-state index >= 15 is 0 Å². The number of fused-ring (bicyclic) bond motifs is 1. The van der Waals surface area contributed by atoms with E-state index in [1.807, 2.05) is 78.9 Å². The fraction of sp³-hybridized carbons (Fsp3) is 0.364. The van der Waals surface area contributed by atoms with Crippen LogP contribution in [0.5, 0.6) is 11.5 Å². The number of carbonyl (C=O) groups excluding carboxylic acids is 1. The Morgan fingerprint density at radius 2 is 1.43 bits per heavy atom. The van der Waals surface area contributed by atoms with E-state index in [2.05, 4.69) is 4.90 Å². The van der Waals surface area contributed by atoms with E-state index in [9.17, 15) is 4.79 Å². The van der Waals surface area contributed by atoms with Gasteiger partial charge in [0.1, 0.15) is 11.5 Å². The summed E-state index contributed by atoms with van der Waals surface area (Å²) in [6.07, 6.45) is 5.30. The van der Waals surface area contributed by atoms with Crippen LogP contribution in [-0.2, 0) is 16.1 Å². The SMILES string of the molecule is COc1ccc(N(Cc2ccccc2)C(=O)c2ccc(OCCCN3CC4CCCC4C3)cc2)cc1.O=C(O)C(=O)O. The Bertz CT molecular complexity index is 1290. The number of benzene rings is 3. The molecule has 0 radical (unpaired) electrons. The number of ether oxygens (including phenoxy) is 2. The molecule has 9 nitrogen and oxygen atoms in total. The lowest BCUT2D eigenvalue weighted by Gasteiger charge is -2.23. The van der Waals surface area contributed by atoms with Gasteiger partial charge in [0.15, 0.2) is 0 Å². The quantitative estimate of drug-likeness (QED) is 0.251. The second kappa shape index (κ2) is 15.0. The van der Waals surface area contributed by atoms with E-state index in [0.717, 1.165) is 47.6 Å². The van der Waals surface area contributed by atoms with Crippen molar-refractivity contribution in [3.63, 3.8) is 0 Å². The van der Waals surface area contributed by atoms with Crippen molar-refractivity contribution in [1.29, 1.82) is 0 Å². The van der Waals surface area contributed by atoms with E-state index in [1.54, 1.807) is 12.0 Å². The summed E-state index contributed by atoms with van der Waals surface area (Å²) in [4.78, 5) is 36.2. The van der Waals surface area contributed by atoms with Gasteiger partial charge in [0.05, 0.1) is 20.3 Å². The number of aliphatic carboxylic acids is 2. The zero-order valence-electron chi connectivity index (χ0n) is 23.9. The van der Waals surface area contributed by atoms with Crippen molar-refractivity contribution in [3.05, 3.63) is 90.0 Å². The number of carboxylic acids is 2. The molecule has 2 aliphatic rings. The lowest BCUT2D eigenvalue weighted by Crippen LogP contribution is -2.30. The van der Waals surface area contributed by atoms with Crippen LogP contribution in [0.25, 0.3) is 0 Å². The number of hydrogen-bond donors (Lipinski definition) is 2. The zero-order valence-corrected chi connectivity index (χ0v) is 23.9. The highest BCUT2D eigenvalue weighted by atomic mass is 16.5. The first kappa shape index (κ1) is 30.6. The van der Waals surface area contributed by atoms with Crippen molar-refractivity contribution < 1.29 is 34.1 Å². The first-order chi connectivity index (χ1) is 20.3. The maximum absolute atomic E-state index is 13.6. The van der Waals surface area contributed by atoms with Crippen molar-refractivity contribution >= 4 is 23.5 Å². The summed E-state index contributed by atoms with van der Waals surface area (Å²) in [5.41, 5.74) is 2.54. The maximum Gasteiger partial charge on any atom is 0.414 e. The second-order valence-electron chi connectivity index (χ2n) is 10.6. The molecule has 3 aromatic rings. The molecular weight excluding hydrogens is 536 g/mol. The number of nitrogens with zero attached hydrogens (tertiary/aromatic N) is 2. The minimum atomic E-state index is -1.82. The molecule has 42 heavy (non-hydrogen) atoms. The molecule has 2 atom stereocenters. The highest BCUT2D eigenvalue weighted by Crippen LogP contribution is 2.37. The van der Waals surface area contributed by atoms with Gasteiger partial charge in [0, 0.05) is 30.9 Å². The van der Waals surface area contributed by atoms with E-state index in [0.29, 0.717) is 18.7 Å². The Kier molecular flexibility index (Phi) is 10.9. The second-order valence-corrected chi connectivity index (χ2v) is 10.6.